The Kier molecular flexibility index (Phi) is 8.07. The third-order valence-corrected chi connectivity index (χ3v) is 3.57. The van der Waals surface area contributed by atoms with Gasteiger partial charge in [0.15, 0.2) is 0 Å². The summed E-state index contributed by atoms with van der Waals surface area (Å²) in [4.78, 5) is 11.8. The van der Waals surface area contributed by atoms with Crippen molar-refractivity contribution in [3.63, 3.8) is 0 Å². The van der Waals surface area contributed by atoms with Gasteiger partial charge in [-0.25, -0.2) is 0 Å². The molecule has 2 atom stereocenters. The van der Waals surface area contributed by atoms with E-state index in [9.17, 15) is 4.79 Å². The number of hydrogen-bond donors (Lipinski definition) is 2. The summed E-state index contributed by atoms with van der Waals surface area (Å²) < 4.78 is 5.48. The lowest BCUT2D eigenvalue weighted by molar-refractivity contribution is -0.122. The Morgan fingerprint density at radius 3 is 2.95 bits per heavy atom. The molecule has 2 unspecified atom stereocenters. The molecule has 1 heterocycles. The van der Waals surface area contributed by atoms with Crippen molar-refractivity contribution in [3.8, 4) is 0 Å². The highest BCUT2D eigenvalue weighted by atomic mass is 16.5. The van der Waals surface area contributed by atoms with Crippen LogP contribution in [0.5, 0.6) is 0 Å². The molecule has 2 N–H and O–H groups in total. The third kappa shape index (κ3) is 7.53. The summed E-state index contributed by atoms with van der Waals surface area (Å²) in [6.45, 7) is 9.81. The zero-order valence-electron chi connectivity index (χ0n) is 12.7. The minimum Gasteiger partial charge on any atom is -0.381 e. The van der Waals surface area contributed by atoms with Crippen LogP contribution in [-0.2, 0) is 9.53 Å². The summed E-state index contributed by atoms with van der Waals surface area (Å²) in [5.41, 5.74) is 0. The van der Waals surface area contributed by atoms with E-state index in [1.165, 1.54) is 12.8 Å². The van der Waals surface area contributed by atoms with E-state index in [-0.39, 0.29) is 5.91 Å². The highest BCUT2D eigenvalue weighted by molar-refractivity contribution is 5.76. The van der Waals surface area contributed by atoms with E-state index in [1.807, 2.05) is 0 Å². The first-order valence-electron chi connectivity index (χ1n) is 7.67. The molecule has 0 saturated carbocycles. The maximum absolute atomic E-state index is 11.8. The monoisotopic (exact) mass is 270 g/mol. The van der Waals surface area contributed by atoms with Gasteiger partial charge in [0.1, 0.15) is 0 Å². The molecule has 1 rings (SSSR count). The molecule has 0 radical (unpaired) electrons. The topological polar surface area (TPSA) is 50.4 Å². The van der Waals surface area contributed by atoms with Gasteiger partial charge < -0.3 is 15.4 Å². The fraction of sp³-hybridized carbons (Fsp3) is 0.933. The quantitative estimate of drug-likeness (QED) is 0.663. The molecular weight excluding hydrogens is 240 g/mol. The summed E-state index contributed by atoms with van der Waals surface area (Å²) >= 11 is 0. The summed E-state index contributed by atoms with van der Waals surface area (Å²) in [5.74, 6) is 1.34. The Morgan fingerprint density at radius 1 is 1.47 bits per heavy atom. The van der Waals surface area contributed by atoms with Crippen molar-refractivity contribution in [3.05, 3.63) is 0 Å². The van der Waals surface area contributed by atoms with E-state index >= 15 is 0 Å². The molecule has 1 aliphatic rings. The Hall–Kier alpha value is -0.610. The lowest BCUT2D eigenvalue weighted by atomic mass is 9.90. The number of amides is 1. The summed E-state index contributed by atoms with van der Waals surface area (Å²) in [6, 6.07) is 0.353. The predicted octanol–water partition coefficient (Wildman–Crippen LogP) is 1.94. The lowest BCUT2D eigenvalue weighted by Crippen LogP contribution is -2.43. The van der Waals surface area contributed by atoms with Crippen molar-refractivity contribution in [2.45, 2.75) is 52.5 Å². The predicted molar refractivity (Wildman–Crippen MR) is 78.1 cm³/mol. The van der Waals surface area contributed by atoms with Crippen LogP contribution in [0, 0.1) is 11.8 Å². The maximum atomic E-state index is 11.8. The standard InChI is InChI=1S/C15H30N2O2/c1-12(2)11-19-9-5-8-17-15(18)10-14-13(3)6-4-7-16-14/h12-14,16H,4-11H2,1-3H3,(H,17,18). The van der Waals surface area contributed by atoms with Crippen LogP contribution in [0.3, 0.4) is 0 Å². The van der Waals surface area contributed by atoms with Gasteiger partial charge in [-0.2, -0.15) is 0 Å². The number of carbonyl (C=O) groups is 1. The average molecular weight is 270 g/mol. The second kappa shape index (κ2) is 9.32. The summed E-state index contributed by atoms with van der Waals surface area (Å²) in [7, 11) is 0. The van der Waals surface area contributed by atoms with Crippen LogP contribution < -0.4 is 10.6 Å². The van der Waals surface area contributed by atoms with Gasteiger partial charge in [0, 0.05) is 32.2 Å². The Morgan fingerprint density at radius 2 is 2.26 bits per heavy atom. The largest absolute Gasteiger partial charge is 0.381 e. The minimum absolute atomic E-state index is 0.162. The van der Waals surface area contributed by atoms with Gasteiger partial charge in [0.05, 0.1) is 0 Å². The first kappa shape index (κ1) is 16.4. The van der Waals surface area contributed by atoms with Crippen molar-refractivity contribution < 1.29 is 9.53 Å². The van der Waals surface area contributed by atoms with Gasteiger partial charge in [-0.05, 0) is 37.6 Å². The van der Waals surface area contributed by atoms with E-state index in [4.69, 9.17) is 4.74 Å². The number of rotatable bonds is 8. The molecule has 0 aromatic carbocycles. The van der Waals surface area contributed by atoms with Crippen LogP contribution in [-0.4, -0.2) is 38.3 Å². The van der Waals surface area contributed by atoms with Crippen molar-refractivity contribution >= 4 is 5.91 Å². The van der Waals surface area contributed by atoms with E-state index < -0.39 is 0 Å². The molecule has 1 amide bonds. The fourth-order valence-electron chi connectivity index (χ4n) is 2.38. The molecular formula is C15H30N2O2. The van der Waals surface area contributed by atoms with Crippen LogP contribution in [0.15, 0.2) is 0 Å². The SMILES string of the molecule is CC(C)COCCCNC(=O)CC1NCCCC1C. The normalized spacial score (nSPS) is 23.6. The number of hydrogen-bond acceptors (Lipinski definition) is 3. The van der Waals surface area contributed by atoms with E-state index in [2.05, 4.69) is 31.4 Å². The van der Waals surface area contributed by atoms with Crippen molar-refractivity contribution in [1.82, 2.24) is 10.6 Å². The summed E-state index contributed by atoms with van der Waals surface area (Å²) in [6.07, 6.45) is 3.96. The molecule has 0 aromatic rings. The second-order valence-electron chi connectivity index (χ2n) is 6.06. The van der Waals surface area contributed by atoms with Gasteiger partial charge in [0.25, 0.3) is 0 Å². The van der Waals surface area contributed by atoms with Crippen molar-refractivity contribution in [1.29, 1.82) is 0 Å². The zero-order chi connectivity index (χ0) is 14.1. The fourth-order valence-corrected chi connectivity index (χ4v) is 2.38. The van der Waals surface area contributed by atoms with Crippen molar-refractivity contribution in [2.24, 2.45) is 11.8 Å². The van der Waals surface area contributed by atoms with Crippen LogP contribution in [0.2, 0.25) is 0 Å². The Bertz CT molecular complexity index is 257. The molecule has 0 aromatic heterocycles. The number of carbonyl (C=O) groups excluding carboxylic acids is 1. The van der Waals surface area contributed by atoms with E-state index in [0.717, 1.165) is 32.7 Å². The maximum Gasteiger partial charge on any atom is 0.221 e. The summed E-state index contributed by atoms with van der Waals surface area (Å²) in [5, 5.41) is 6.42. The van der Waals surface area contributed by atoms with E-state index in [1.54, 1.807) is 0 Å². The molecule has 1 aliphatic heterocycles. The molecule has 19 heavy (non-hydrogen) atoms. The molecule has 4 heteroatoms. The number of piperidine rings is 1. The smallest absolute Gasteiger partial charge is 0.221 e. The third-order valence-electron chi connectivity index (χ3n) is 3.57. The van der Waals surface area contributed by atoms with Crippen LogP contribution in [0.25, 0.3) is 0 Å². The first-order valence-corrected chi connectivity index (χ1v) is 7.67. The molecule has 0 bridgehead atoms. The highest BCUT2D eigenvalue weighted by Crippen LogP contribution is 2.17. The minimum atomic E-state index is 0.162. The van der Waals surface area contributed by atoms with Gasteiger partial charge in [0.2, 0.25) is 5.91 Å². The highest BCUT2D eigenvalue weighted by Gasteiger charge is 2.22. The van der Waals surface area contributed by atoms with Crippen LogP contribution >= 0.6 is 0 Å². The molecule has 1 fully saturated rings. The number of ether oxygens (including phenoxy) is 1. The van der Waals surface area contributed by atoms with E-state index in [0.29, 0.717) is 24.3 Å². The van der Waals surface area contributed by atoms with Crippen molar-refractivity contribution in [2.75, 3.05) is 26.3 Å². The van der Waals surface area contributed by atoms with Gasteiger partial charge in [-0.1, -0.05) is 20.8 Å². The second-order valence-corrected chi connectivity index (χ2v) is 6.06. The first-order chi connectivity index (χ1) is 9.09. The van der Waals surface area contributed by atoms with Gasteiger partial charge in [-0.3, -0.25) is 4.79 Å². The Balaban J connectivity index is 2.01. The lowest BCUT2D eigenvalue weighted by Gasteiger charge is -2.29. The molecule has 0 spiro atoms. The molecule has 1 saturated heterocycles. The van der Waals surface area contributed by atoms with Crippen LogP contribution in [0.1, 0.15) is 46.5 Å². The van der Waals surface area contributed by atoms with Crippen LogP contribution in [0.4, 0.5) is 0 Å². The van der Waals surface area contributed by atoms with Gasteiger partial charge >= 0.3 is 0 Å². The molecule has 0 aliphatic carbocycles. The Labute approximate surface area is 117 Å². The molecule has 4 nitrogen and oxygen atoms in total. The zero-order valence-corrected chi connectivity index (χ0v) is 12.7. The number of nitrogens with one attached hydrogen (secondary N) is 2. The average Bonchev–Trinajstić information content (AvgIpc) is 2.36. The van der Waals surface area contributed by atoms with Gasteiger partial charge in [-0.15, -0.1) is 0 Å². The molecule has 112 valence electrons.